The lowest BCUT2D eigenvalue weighted by atomic mass is 10.1. The van der Waals surface area contributed by atoms with Crippen LogP contribution in [0.1, 0.15) is 12.8 Å². The number of rotatable bonds is 3. The van der Waals surface area contributed by atoms with Gasteiger partial charge in [0.1, 0.15) is 5.75 Å². The quantitative estimate of drug-likeness (QED) is 0.848. The van der Waals surface area contributed by atoms with Crippen molar-refractivity contribution < 1.29 is 9.47 Å². The minimum Gasteiger partial charge on any atom is -0.495 e. The highest BCUT2D eigenvalue weighted by molar-refractivity contribution is 5.57. The summed E-state index contributed by atoms with van der Waals surface area (Å²) in [6, 6.07) is 7.89. The molecule has 0 atom stereocenters. The monoisotopic (exact) mass is 219 g/mol. The molecule has 1 aromatic rings. The molecule has 3 heteroatoms. The van der Waals surface area contributed by atoms with Gasteiger partial charge in [0.25, 0.3) is 0 Å². The highest BCUT2D eigenvalue weighted by atomic mass is 16.5. The second-order valence-corrected chi connectivity index (χ2v) is 3.80. The minimum absolute atomic E-state index is 0.738. The van der Waals surface area contributed by atoms with Crippen LogP contribution in [0.5, 0.6) is 5.75 Å². The Morgan fingerprint density at radius 3 is 3.00 bits per heavy atom. The highest BCUT2D eigenvalue weighted by Gasteiger charge is 2.05. The maximum absolute atomic E-state index is 5.39. The molecule has 0 spiro atoms. The van der Waals surface area contributed by atoms with Crippen LogP contribution < -0.4 is 10.1 Å². The van der Waals surface area contributed by atoms with Gasteiger partial charge in [-0.05, 0) is 30.5 Å². The van der Waals surface area contributed by atoms with Crippen LogP contribution in [-0.4, -0.2) is 20.3 Å². The average molecular weight is 219 g/mol. The van der Waals surface area contributed by atoms with E-state index in [-0.39, 0.29) is 0 Å². The fourth-order valence-electron chi connectivity index (χ4n) is 1.73. The van der Waals surface area contributed by atoms with Gasteiger partial charge in [-0.3, -0.25) is 0 Å². The number of benzene rings is 1. The first kappa shape index (κ1) is 11.0. The Labute approximate surface area is 96.1 Å². The van der Waals surface area contributed by atoms with Crippen molar-refractivity contribution in [2.24, 2.45) is 0 Å². The van der Waals surface area contributed by atoms with Crippen LogP contribution in [0.2, 0.25) is 0 Å². The van der Waals surface area contributed by atoms with E-state index in [9.17, 15) is 0 Å². The number of hydrogen-bond donors (Lipinski definition) is 1. The average Bonchev–Trinajstić information content (AvgIpc) is 2.38. The molecule has 0 saturated carbocycles. The van der Waals surface area contributed by atoms with Gasteiger partial charge < -0.3 is 14.8 Å². The molecule has 1 heterocycles. The number of methoxy groups -OCH3 is 1. The maximum atomic E-state index is 5.39. The highest BCUT2D eigenvalue weighted by Crippen LogP contribution is 2.23. The van der Waals surface area contributed by atoms with Gasteiger partial charge in [0.05, 0.1) is 19.4 Å². The van der Waals surface area contributed by atoms with E-state index in [4.69, 9.17) is 9.47 Å². The molecular weight excluding hydrogens is 202 g/mol. The van der Waals surface area contributed by atoms with Crippen LogP contribution in [-0.2, 0) is 4.74 Å². The van der Waals surface area contributed by atoms with Crippen molar-refractivity contribution in [2.75, 3.05) is 25.6 Å². The lowest BCUT2D eigenvalue weighted by Crippen LogP contribution is -2.09. The third-order valence-corrected chi connectivity index (χ3v) is 2.61. The molecule has 86 valence electrons. The summed E-state index contributed by atoms with van der Waals surface area (Å²) in [6.45, 7) is 1.62. The topological polar surface area (TPSA) is 30.5 Å². The minimum atomic E-state index is 0.738. The summed E-state index contributed by atoms with van der Waals surface area (Å²) in [4.78, 5) is 0. The summed E-state index contributed by atoms with van der Waals surface area (Å²) in [7, 11) is 1.68. The van der Waals surface area contributed by atoms with E-state index in [0.29, 0.717) is 0 Å². The Hall–Kier alpha value is -1.48. The van der Waals surface area contributed by atoms with E-state index < -0.39 is 0 Å². The Kier molecular flexibility index (Phi) is 3.83. The van der Waals surface area contributed by atoms with E-state index in [1.807, 2.05) is 30.5 Å². The standard InChI is InChI=1S/C13H17NO2/c1-15-13-7-3-2-6-12(13)14-9-11-5-4-8-16-10-11/h2-3,6-7,9,14H,4-5,8,10H2,1H3. The largest absolute Gasteiger partial charge is 0.495 e. The molecule has 1 aromatic carbocycles. The van der Waals surface area contributed by atoms with Crippen molar-refractivity contribution in [1.82, 2.24) is 0 Å². The molecule has 0 bridgehead atoms. The second-order valence-electron chi connectivity index (χ2n) is 3.80. The molecule has 3 nitrogen and oxygen atoms in total. The Morgan fingerprint density at radius 2 is 2.25 bits per heavy atom. The Bertz CT molecular complexity index is 366. The molecule has 0 aliphatic carbocycles. The zero-order valence-corrected chi connectivity index (χ0v) is 9.53. The van der Waals surface area contributed by atoms with Crippen LogP contribution in [0.3, 0.4) is 0 Å². The SMILES string of the molecule is COc1ccccc1NC=C1CCCOC1. The number of hydrogen-bond acceptors (Lipinski definition) is 3. The molecule has 0 amide bonds. The molecule has 1 fully saturated rings. The number of nitrogens with one attached hydrogen (secondary N) is 1. The van der Waals surface area contributed by atoms with Crippen LogP contribution in [0.25, 0.3) is 0 Å². The van der Waals surface area contributed by atoms with Gasteiger partial charge in [-0.15, -0.1) is 0 Å². The smallest absolute Gasteiger partial charge is 0.142 e. The molecule has 1 N–H and O–H groups in total. The summed E-state index contributed by atoms with van der Waals surface area (Å²) in [5.74, 6) is 0.857. The van der Waals surface area contributed by atoms with Crippen molar-refractivity contribution >= 4 is 5.69 Å². The van der Waals surface area contributed by atoms with Gasteiger partial charge in [0.15, 0.2) is 0 Å². The summed E-state index contributed by atoms with van der Waals surface area (Å²) < 4.78 is 10.6. The number of para-hydroxylation sites is 2. The Morgan fingerprint density at radius 1 is 1.38 bits per heavy atom. The van der Waals surface area contributed by atoms with E-state index in [1.165, 1.54) is 5.57 Å². The molecule has 0 radical (unpaired) electrons. The van der Waals surface area contributed by atoms with Gasteiger partial charge in [-0.25, -0.2) is 0 Å². The molecule has 1 aliphatic rings. The molecule has 1 saturated heterocycles. The number of ether oxygens (including phenoxy) is 2. The van der Waals surface area contributed by atoms with Gasteiger partial charge >= 0.3 is 0 Å². The van der Waals surface area contributed by atoms with Crippen LogP contribution >= 0.6 is 0 Å². The maximum Gasteiger partial charge on any atom is 0.142 e. The van der Waals surface area contributed by atoms with Crippen molar-refractivity contribution in [2.45, 2.75) is 12.8 Å². The first-order chi connectivity index (χ1) is 7.90. The van der Waals surface area contributed by atoms with Gasteiger partial charge in [0.2, 0.25) is 0 Å². The molecule has 0 unspecified atom stereocenters. The van der Waals surface area contributed by atoms with Crippen LogP contribution in [0, 0.1) is 0 Å². The fraction of sp³-hybridized carbons (Fsp3) is 0.385. The summed E-state index contributed by atoms with van der Waals surface area (Å²) in [5.41, 5.74) is 2.29. The summed E-state index contributed by atoms with van der Waals surface area (Å²) in [6.07, 6.45) is 4.25. The molecular formula is C13H17NO2. The van der Waals surface area contributed by atoms with Crippen LogP contribution in [0.4, 0.5) is 5.69 Å². The normalized spacial score (nSPS) is 18.4. The predicted molar refractivity (Wildman–Crippen MR) is 64.8 cm³/mol. The summed E-state index contributed by atoms with van der Waals surface area (Å²) in [5, 5.41) is 3.27. The van der Waals surface area contributed by atoms with Gasteiger partial charge in [-0.2, -0.15) is 0 Å². The van der Waals surface area contributed by atoms with Crippen molar-refractivity contribution in [3.63, 3.8) is 0 Å². The van der Waals surface area contributed by atoms with E-state index >= 15 is 0 Å². The molecule has 2 rings (SSSR count). The molecule has 16 heavy (non-hydrogen) atoms. The zero-order chi connectivity index (χ0) is 11.2. The lowest BCUT2D eigenvalue weighted by Gasteiger charge is -2.15. The van der Waals surface area contributed by atoms with Crippen LogP contribution in [0.15, 0.2) is 36.0 Å². The molecule has 1 aliphatic heterocycles. The van der Waals surface area contributed by atoms with Gasteiger partial charge in [-0.1, -0.05) is 12.1 Å². The van der Waals surface area contributed by atoms with Gasteiger partial charge in [0, 0.05) is 12.8 Å². The fourth-order valence-corrected chi connectivity index (χ4v) is 1.73. The van der Waals surface area contributed by atoms with Crippen molar-refractivity contribution in [3.8, 4) is 5.75 Å². The molecule has 0 aromatic heterocycles. The zero-order valence-electron chi connectivity index (χ0n) is 9.53. The third-order valence-electron chi connectivity index (χ3n) is 2.61. The van der Waals surface area contributed by atoms with Crippen molar-refractivity contribution in [3.05, 3.63) is 36.0 Å². The first-order valence-corrected chi connectivity index (χ1v) is 5.55. The summed E-state index contributed by atoms with van der Waals surface area (Å²) >= 11 is 0. The lowest BCUT2D eigenvalue weighted by molar-refractivity contribution is 0.130. The van der Waals surface area contributed by atoms with E-state index in [0.717, 1.165) is 37.5 Å². The van der Waals surface area contributed by atoms with E-state index in [1.54, 1.807) is 7.11 Å². The Balaban J connectivity index is 2.02. The number of anilines is 1. The van der Waals surface area contributed by atoms with Crippen molar-refractivity contribution in [1.29, 1.82) is 0 Å². The third kappa shape index (κ3) is 2.76. The first-order valence-electron chi connectivity index (χ1n) is 5.55. The van der Waals surface area contributed by atoms with E-state index in [2.05, 4.69) is 5.32 Å². The predicted octanol–water partition coefficient (Wildman–Crippen LogP) is 2.80. The second kappa shape index (κ2) is 5.56.